The van der Waals surface area contributed by atoms with E-state index in [1.54, 1.807) is 17.0 Å². The van der Waals surface area contributed by atoms with Gasteiger partial charge in [0.25, 0.3) is 5.91 Å². The minimum absolute atomic E-state index is 0.0289. The maximum absolute atomic E-state index is 12.3. The predicted molar refractivity (Wildman–Crippen MR) is 85.7 cm³/mol. The summed E-state index contributed by atoms with van der Waals surface area (Å²) in [5.41, 5.74) is 0.532. The molecule has 0 radical (unpaired) electrons. The van der Waals surface area contributed by atoms with Crippen LogP contribution in [0.4, 0.5) is 0 Å². The molecular weight excluding hydrogens is 316 g/mol. The molecule has 7 heteroatoms. The Bertz CT molecular complexity index is 645. The third-order valence-corrected chi connectivity index (χ3v) is 5.77. The van der Waals surface area contributed by atoms with Gasteiger partial charge in [-0.2, -0.15) is 0 Å². The number of sulfonamides is 1. The quantitative estimate of drug-likeness (QED) is 0.880. The lowest BCUT2D eigenvalue weighted by Crippen LogP contribution is -2.32. The highest BCUT2D eigenvalue weighted by Crippen LogP contribution is 2.16. The first-order chi connectivity index (χ1) is 11.1. The molecule has 2 saturated heterocycles. The largest absolute Gasteiger partial charge is 0.377 e. The Balaban J connectivity index is 1.64. The van der Waals surface area contributed by atoms with E-state index in [4.69, 9.17) is 4.74 Å². The normalized spacial score (nSPS) is 21.7. The summed E-state index contributed by atoms with van der Waals surface area (Å²) in [6, 6.07) is 6.14. The van der Waals surface area contributed by atoms with Gasteiger partial charge in [0.05, 0.1) is 11.0 Å². The van der Waals surface area contributed by atoms with E-state index >= 15 is 0 Å². The van der Waals surface area contributed by atoms with Crippen LogP contribution in [0.15, 0.2) is 29.2 Å². The summed E-state index contributed by atoms with van der Waals surface area (Å²) in [5.74, 6) is -0.0289. The maximum atomic E-state index is 12.3. The molecule has 1 N–H and O–H groups in total. The molecule has 3 rings (SSSR count). The van der Waals surface area contributed by atoms with E-state index in [1.807, 2.05) is 0 Å². The minimum Gasteiger partial charge on any atom is -0.377 e. The Morgan fingerprint density at radius 1 is 1.17 bits per heavy atom. The molecule has 2 fully saturated rings. The third kappa shape index (κ3) is 3.91. The number of rotatable bonds is 5. The van der Waals surface area contributed by atoms with E-state index in [0.717, 1.165) is 38.8 Å². The summed E-state index contributed by atoms with van der Waals surface area (Å²) in [6.45, 7) is 2.54. The van der Waals surface area contributed by atoms with Crippen molar-refractivity contribution >= 4 is 15.9 Å². The molecule has 2 aliphatic rings. The van der Waals surface area contributed by atoms with Crippen molar-refractivity contribution in [3.8, 4) is 0 Å². The first-order valence-corrected chi connectivity index (χ1v) is 9.55. The number of benzene rings is 1. The molecule has 0 spiro atoms. The lowest BCUT2D eigenvalue weighted by molar-refractivity contribution is 0.0792. The zero-order valence-corrected chi connectivity index (χ0v) is 13.8. The fraction of sp³-hybridized carbons (Fsp3) is 0.562. The van der Waals surface area contributed by atoms with Gasteiger partial charge in [-0.3, -0.25) is 4.79 Å². The first kappa shape index (κ1) is 16.4. The van der Waals surface area contributed by atoms with Gasteiger partial charge in [-0.1, -0.05) is 0 Å². The van der Waals surface area contributed by atoms with Crippen molar-refractivity contribution in [2.45, 2.75) is 36.7 Å². The number of likely N-dealkylation sites (tertiary alicyclic amines) is 1. The second-order valence-electron chi connectivity index (χ2n) is 6.01. The Labute approximate surface area is 136 Å². The fourth-order valence-corrected chi connectivity index (χ4v) is 4.04. The fourth-order valence-electron chi connectivity index (χ4n) is 2.97. The van der Waals surface area contributed by atoms with E-state index in [2.05, 4.69) is 4.72 Å². The number of amides is 1. The summed E-state index contributed by atoms with van der Waals surface area (Å²) in [4.78, 5) is 14.2. The molecular formula is C16H22N2O4S. The molecule has 23 heavy (non-hydrogen) atoms. The van der Waals surface area contributed by atoms with Crippen molar-refractivity contribution in [2.75, 3.05) is 26.2 Å². The van der Waals surface area contributed by atoms with Crippen LogP contribution < -0.4 is 4.72 Å². The summed E-state index contributed by atoms with van der Waals surface area (Å²) in [5, 5.41) is 0. The van der Waals surface area contributed by atoms with Gasteiger partial charge in [-0.05, 0) is 49.9 Å². The van der Waals surface area contributed by atoms with Gasteiger partial charge in [0.15, 0.2) is 0 Å². The molecule has 0 saturated carbocycles. The molecule has 1 aromatic carbocycles. The van der Waals surface area contributed by atoms with Gasteiger partial charge in [0.1, 0.15) is 0 Å². The van der Waals surface area contributed by atoms with Crippen molar-refractivity contribution in [3.05, 3.63) is 29.8 Å². The van der Waals surface area contributed by atoms with Crippen LogP contribution in [0.25, 0.3) is 0 Å². The molecule has 1 atom stereocenters. The number of ether oxygens (including phenoxy) is 1. The third-order valence-electron chi connectivity index (χ3n) is 4.33. The lowest BCUT2D eigenvalue weighted by atomic mass is 10.2. The SMILES string of the molecule is O=C(c1ccc(S(=O)(=O)NCC2CCCO2)cc1)N1CCCC1. The second kappa shape index (κ2) is 6.98. The van der Waals surface area contributed by atoms with E-state index in [9.17, 15) is 13.2 Å². The van der Waals surface area contributed by atoms with Gasteiger partial charge in [0, 0.05) is 31.8 Å². The van der Waals surface area contributed by atoms with Crippen LogP contribution in [0.1, 0.15) is 36.0 Å². The smallest absolute Gasteiger partial charge is 0.253 e. The summed E-state index contributed by atoms with van der Waals surface area (Å²) in [7, 11) is -3.56. The van der Waals surface area contributed by atoms with E-state index in [1.165, 1.54) is 12.1 Å². The van der Waals surface area contributed by atoms with Gasteiger partial charge in [-0.25, -0.2) is 13.1 Å². The Kier molecular flexibility index (Phi) is 4.99. The van der Waals surface area contributed by atoms with E-state index in [0.29, 0.717) is 12.2 Å². The first-order valence-electron chi connectivity index (χ1n) is 8.07. The zero-order valence-electron chi connectivity index (χ0n) is 13.0. The molecule has 1 aromatic rings. The molecule has 126 valence electrons. The molecule has 6 nitrogen and oxygen atoms in total. The lowest BCUT2D eigenvalue weighted by Gasteiger charge is -2.15. The highest BCUT2D eigenvalue weighted by atomic mass is 32.2. The second-order valence-corrected chi connectivity index (χ2v) is 7.78. The van der Waals surface area contributed by atoms with Crippen LogP contribution >= 0.6 is 0 Å². The van der Waals surface area contributed by atoms with E-state index in [-0.39, 0.29) is 23.5 Å². The number of carbonyl (C=O) groups is 1. The molecule has 1 amide bonds. The Morgan fingerprint density at radius 3 is 2.48 bits per heavy atom. The van der Waals surface area contributed by atoms with Crippen LogP contribution in [0.3, 0.4) is 0 Å². The van der Waals surface area contributed by atoms with Crippen molar-refractivity contribution in [1.82, 2.24) is 9.62 Å². The molecule has 1 unspecified atom stereocenters. The topological polar surface area (TPSA) is 75.7 Å². The highest BCUT2D eigenvalue weighted by molar-refractivity contribution is 7.89. The average molecular weight is 338 g/mol. The van der Waals surface area contributed by atoms with Gasteiger partial charge >= 0.3 is 0 Å². The zero-order chi connectivity index (χ0) is 16.3. The van der Waals surface area contributed by atoms with Crippen molar-refractivity contribution < 1.29 is 17.9 Å². The number of hydrogen-bond donors (Lipinski definition) is 1. The van der Waals surface area contributed by atoms with Crippen molar-refractivity contribution in [1.29, 1.82) is 0 Å². The maximum Gasteiger partial charge on any atom is 0.253 e. The number of nitrogens with zero attached hydrogens (tertiary/aromatic N) is 1. The predicted octanol–water partition coefficient (Wildman–Crippen LogP) is 1.38. The van der Waals surface area contributed by atoms with Crippen molar-refractivity contribution in [3.63, 3.8) is 0 Å². The minimum atomic E-state index is -3.56. The average Bonchev–Trinajstić information content (AvgIpc) is 3.26. The highest BCUT2D eigenvalue weighted by Gasteiger charge is 2.22. The molecule has 0 aromatic heterocycles. The van der Waals surface area contributed by atoms with Crippen LogP contribution in [-0.2, 0) is 14.8 Å². The van der Waals surface area contributed by atoms with Gasteiger partial charge < -0.3 is 9.64 Å². The van der Waals surface area contributed by atoms with Gasteiger partial charge in [-0.15, -0.1) is 0 Å². The monoisotopic (exact) mass is 338 g/mol. The molecule has 0 aliphatic carbocycles. The Hall–Kier alpha value is -1.44. The summed E-state index contributed by atoms with van der Waals surface area (Å²) < 4.78 is 32.5. The van der Waals surface area contributed by atoms with Crippen molar-refractivity contribution in [2.24, 2.45) is 0 Å². The molecule has 2 aliphatic heterocycles. The van der Waals surface area contributed by atoms with Crippen LogP contribution in [0.5, 0.6) is 0 Å². The number of nitrogens with one attached hydrogen (secondary N) is 1. The Morgan fingerprint density at radius 2 is 1.87 bits per heavy atom. The van der Waals surface area contributed by atoms with Crippen LogP contribution in [0, 0.1) is 0 Å². The summed E-state index contributed by atoms with van der Waals surface area (Å²) in [6.07, 6.45) is 3.88. The van der Waals surface area contributed by atoms with Crippen LogP contribution in [0.2, 0.25) is 0 Å². The number of hydrogen-bond acceptors (Lipinski definition) is 4. The number of carbonyl (C=O) groups excluding carboxylic acids is 1. The molecule has 0 bridgehead atoms. The van der Waals surface area contributed by atoms with E-state index < -0.39 is 10.0 Å². The standard InChI is InChI=1S/C16H22N2O4S/c19-16(18-9-1-2-10-18)13-5-7-15(8-6-13)23(20,21)17-12-14-4-3-11-22-14/h5-8,14,17H,1-4,9-12H2. The molecule has 2 heterocycles. The summed E-state index contributed by atoms with van der Waals surface area (Å²) >= 11 is 0. The van der Waals surface area contributed by atoms with Gasteiger partial charge in [0.2, 0.25) is 10.0 Å². The van der Waals surface area contributed by atoms with Crippen LogP contribution in [-0.4, -0.2) is 51.6 Å².